The standard InChI is InChI=1S/C21H25N5S/c1-2-4-17-15(3-1)18-20(23-19(14-5-6-14)24-21(18)27-17)26-11-8-13(9-12-26)16-7-10-22-25-16/h7,10,13-14H,1-6,8-9,11-12H2,(H,22,25). The van der Waals surface area contributed by atoms with E-state index in [0.29, 0.717) is 11.8 Å². The Kier molecular flexibility index (Phi) is 3.74. The first-order valence-electron chi connectivity index (χ1n) is 10.4. The second-order valence-corrected chi connectivity index (χ2v) is 9.43. The van der Waals surface area contributed by atoms with Crippen LogP contribution < -0.4 is 4.90 Å². The van der Waals surface area contributed by atoms with Gasteiger partial charge in [0, 0.05) is 41.7 Å². The van der Waals surface area contributed by atoms with E-state index in [1.54, 1.807) is 10.4 Å². The Hall–Kier alpha value is -1.95. The van der Waals surface area contributed by atoms with Crippen molar-refractivity contribution in [3.05, 3.63) is 34.2 Å². The van der Waals surface area contributed by atoms with Crippen LogP contribution in [0.15, 0.2) is 12.3 Å². The zero-order chi connectivity index (χ0) is 17.8. The third-order valence-electron chi connectivity index (χ3n) is 6.51. The minimum atomic E-state index is 0.598. The van der Waals surface area contributed by atoms with Gasteiger partial charge in [0.25, 0.3) is 0 Å². The van der Waals surface area contributed by atoms with Gasteiger partial charge in [-0.3, -0.25) is 5.10 Å². The van der Waals surface area contributed by atoms with Gasteiger partial charge in [-0.2, -0.15) is 5.10 Å². The molecule has 0 aromatic carbocycles. The summed E-state index contributed by atoms with van der Waals surface area (Å²) in [6.07, 6.45) is 11.8. The lowest BCUT2D eigenvalue weighted by Gasteiger charge is -2.33. The lowest BCUT2D eigenvalue weighted by molar-refractivity contribution is 0.493. The molecule has 0 unspecified atom stereocenters. The molecule has 0 radical (unpaired) electrons. The highest BCUT2D eigenvalue weighted by Gasteiger charge is 2.32. The molecule has 1 saturated carbocycles. The molecule has 1 saturated heterocycles. The molecular weight excluding hydrogens is 354 g/mol. The van der Waals surface area contributed by atoms with Crippen LogP contribution >= 0.6 is 11.3 Å². The van der Waals surface area contributed by atoms with Gasteiger partial charge in [-0.05, 0) is 63.0 Å². The summed E-state index contributed by atoms with van der Waals surface area (Å²) in [5.41, 5.74) is 2.85. The zero-order valence-electron chi connectivity index (χ0n) is 15.6. The average molecular weight is 380 g/mol. The number of anilines is 1. The number of fused-ring (bicyclic) bond motifs is 3. The van der Waals surface area contributed by atoms with Crippen molar-refractivity contribution in [1.82, 2.24) is 20.2 Å². The van der Waals surface area contributed by atoms with E-state index in [2.05, 4.69) is 21.2 Å². The molecule has 3 aliphatic rings. The molecule has 0 spiro atoms. The summed E-state index contributed by atoms with van der Waals surface area (Å²) in [5, 5.41) is 8.69. The van der Waals surface area contributed by atoms with E-state index >= 15 is 0 Å². The number of thiophene rings is 1. The largest absolute Gasteiger partial charge is 0.356 e. The molecule has 6 rings (SSSR count). The van der Waals surface area contributed by atoms with Gasteiger partial charge >= 0.3 is 0 Å². The van der Waals surface area contributed by atoms with E-state index in [-0.39, 0.29) is 0 Å². The highest BCUT2D eigenvalue weighted by Crippen LogP contribution is 2.44. The highest BCUT2D eigenvalue weighted by atomic mass is 32.1. The van der Waals surface area contributed by atoms with Crippen molar-refractivity contribution < 1.29 is 0 Å². The van der Waals surface area contributed by atoms with Gasteiger partial charge in [0.1, 0.15) is 16.5 Å². The molecule has 140 valence electrons. The number of rotatable bonds is 3. The predicted molar refractivity (Wildman–Crippen MR) is 109 cm³/mol. The van der Waals surface area contributed by atoms with Gasteiger partial charge in [0.05, 0.1) is 5.39 Å². The fourth-order valence-corrected chi connectivity index (χ4v) is 6.07. The van der Waals surface area contributed by atoms with Crippen LogP contribution in [0.5, 0.6) is 0 Å². The summed E-state index contributed by atoms with van der Waals surface area (Å²) in [6.45, 7) is 2.15. The van der Waals surface area contributed by atoms with Gasteiger partial charge in [-0.25, -0.2) is 9.97 Å². The first kappa shape index (κ1) is 16.0. The number of nitrogens with one attached hydrogen (secondary N) is 1. The third kappa shape index (κ3) is 2.76. The van der Waals surface area contributed by atoms with E-state index in [1.165, 1.54) is 73.1 Å². The maximum atomic E-state index is 5.16. The smallest absolute Gasteiger partial charge is 0.141 e. The predicted octanol–water partition coefficient (Wildman–Crippen LogP) is 4.55. The second kappa shape index (κ2) is 6.30. The Morgan fingerprint density at radius 2 is 1.85 bits per heavy atom. The second-order valence-electron chi connectivity index (χ2n) is 8.34. The van der Waals surface area contributed by atoms with E-state index < -0.39 is 0 Å². The molecule has 2 fully saturated rings. The van der Waals surface area contributed by atoms with Crippen LogP contribution in [0.3, 0.4) is 0 Å². The van der Waals surface area contributed by atoms with Gasteiger partial charge in [0.15, 0.2) is 0 Å². The molecule has 1 N–H and O–H groups in total. The Morgan fingerprint density at radius 3 is 2.63 bits per heavy atom. The average Bonchev–Trinajstić information content (AvgIpc) is 3.28. The summed E-state index contributed by atoms with van der Waals surface area (Å²) in [5.74, 6) is 3.55. The number of hydrogen-bond donors (Lipinski definition) is 1. The summed E-state index contributed by atoms with van der Waals surface area (Å²) in [4.78, 5) is 15.6. The van der Waals surface area contributed by atoms with Gasteiger partial charge in [0.2, 0.25) is 0 Å². The topological polar surface area (TPSA) is 57.7 Å². The summed E-state index contributed by atoms with van der Waals surface area (Å²) in [6, 6.07) is 2.13. The van der Waals surface area contributed by atoms with Crippen molar-refractivity contribution in [2.24, 2.45) is 0 Å². The molecule has 5 nitrogen and oxygen atoms in total. The van der Waals surface area contributed by atoms with E-state index in [0.717, 1.165) is 18.9 Å². The molecule has 3 aromatic heterocycles. The minimum Gasteiger partial charge on any atom is -0.356 e. The molecule has 1 aliphatic heterocycles. The molecule has 2 aliphatic carbocycles. The number of aromatic nitrogens is 4. The van der Waals surface area contributed by atoms with Crippen LogP contribution in [0.2, 0.25) is 0 Å². The quantitative estimate of drug-likeness (QED) is 0.725. The lowest BCUT2D eigenvalue weighted by Crippen LogP contribution is -2.34. The van der Waals surface area contributed by atoms with Crippen molar-refractivity contribution in [2.75, 3.05) is 18.0 Å². The number of H-pyrrole nitrogens is 1. The van der Waals surface area contributed by atoms with Crippen molar-refractivity contribution in [3.8, 4) is 0 Å². The van der Waals surface area contributed by atoms with Crippen LogP contribution in [-0.4, -0.2) is 33.3 Å². The maximum absolute atomic E-state index is 5.16. The SMILES string of the molecule is c1cc(C2CCN(c3nc(C4CC4)nc4sc5c(c34)CCCC5)CC2)[nH]n1. The van der Waals surface area contributed by atoms with Gasteiger partial charge in [-0.15, -0.1) is 11.3 Å². The number of aryl methyl sites for hydroxylation is 2. The Balaban J connectivity index is 1.38. The van der Waals surface area contributed by atoms with Crippen LogP contribution in [0.25, 0.3) is 10.2 Å². The molecule has 4 heterocycles. The number of hydrogen-bond acceptors (Lipinski definition) is 5. The van der Waals surface area contributed by atoms with Gasteiger partial charge < -0.3 is 4.90 Å². The van der Waals surface area contributed by atoms with E-state index in [4.69, 9.17) is 9.97 Å². The van der Waals surface area contributed by atoms with Crippen LogP contribution in [-0.2, 0) is 12.8 Å². The van der Waals surface area contributed by atoms with Crippen LogP contribution in [0.4, 0.5) is 5.82 Å². The Morgan fingerprint density at radius 1 is 1.00 bits per heavy atom. The first-order valence-corrected chi connectivity index (χ1v) is 11.2. The molecule has 6 heteroatoms. The summed E-state index contributed by atoms with van der Waals surface area (Å²) >= 11 is 1.94. The fraction of sp³-hybridized carbons (Fsp3) is 0.571. The Bertz CT molecular complexity index is 964. The number of piperidine rings is 1. The molecular formula is C21H25N5S. The monoisotopic (exact) mass is 379 g/mol. The molecule has 0 atom stereocenters. The van der Waals surface area contributed by atoms with Crippen LogP contribution in [0, 0.1) is 0 Å². The zero-order valence-corrected chi connectivity index (χ0v) is 16.4. The normalized spacial score (nSPS) is 21.0. The van der Waals surface area contributed by atoms with E-state index in [9.17, 15) is 0 Å². The molecule has 0 bridgehead atoms. The number of aromatic amines is 1. The first-order chi connectivity index (χ1) is 13.4. The van der Waals surface area contributed by atoms with Crippen molar-refractivity contribution in [3.63, 3.8) is 0 Å². The highest BCUT2D eigenvalue weighted by molar-refractivity contribution is 7.19. The third-order valence-corrected chi connectivity index (χ3v) is 7.70. The van der Waals surface area contributed by atoms with Gasteiger partial charge in [-0.1, -0.05) is 0 Å². The maximum Gasteiger partial charge on any atom is 0.141 e. The molecule has 27 heavy (non-hydrogen) atoms. The Labute approximate surface area is 163 Å². The van der Waals surface area contributed by atoms with Crippen molar-refractivity contribution >= 4 is 27.4 Å². The molecule has 3 aromatic rings. The summed E-state index contributed by atoms with van der Waals surface area (Å²) in [7, 11) is 0. The van der Waals surface area contributed by atoms with Crippen LogP contribution in [0.1, 0.15) is 72.3 Å². The minimum absolute atomic E-state index is 0.598. The van der Waals surface area contributed by atoms with Crippen molar-refractivity contribution in [1.29, 1.82) is 0 Å². The molecule has 0 amide bonds. The summed E-state index contributed by atoms with van der Waals surface area (Å²) < 4.78 is 0. The lowest BCUT2D eigenvalue weighted by atomic mass is 9.93. The van der Waals surface area contributed by atoms with Crippen molar-refractivity contribution in [2.45, 2.75) is 63.2 Å². The fourth-order valence-electron chi connectivity index (χ4n) is 4.80. The van der Waals surface area contributed by atoms with E-state index in [1.807, 2.05) is 17.5 Å². The number of nitrogens with zero attached hydrogens (tertiary/aromatic N) is 4.